The normalized spacial score (nSPS) is 20.1. The highest BCUT2D eigenvalue weighted by molar-refractivity contribution is 8.00. The average molecular weight is 208 g/mol. The maximum absolute atomic E-state index is 3.33. The van der Waals surface area contributed by atoms with Gasteiger partial charge in [0.15, 0.2) is 0 Å². The van der Waals surface area contributed by atoms with Crippen LogP contribution in [0.4, 0.5) is 0 Å². The van der Waals surface area contributed by atoms with E-state index in [0.717, 1.165) is 6.54 Å². The first-order valence-corrected chi connectivity index (χ1v) is 5.79. The van der Waals surface area contributed by atoms with Crippen LogP contribution >= 0.6 is 11.8 Å². The van der Waals surface area contributed by atoms with E-state index >= 15 is 0 Å². The zero-order valence-electron chi connectivity index (χ0n) is 8.66. The fraction of sp³-hybridized carbons (Fsp3) is 0.455. The van der Waals surface area contributed by atoms with Crippen LogP contribution in [-0.2, 0) is 6.42 Å². The van der Waals surface area contributed by atoms with Crippen LogP contribution in [0.3, 0.4) is 0 Å². The van der Waals surface area contributed by atoms with Crippen molar-refractivity contribution in [3.63, 3.8) is 0 Å². The van der Waals surface area contributed by atoms with Gasteiger partial charge in [-0.3, -0.25) is 10.4 Å². The molecule has 0 fully saturated rings. The number of hydrogen-bond acceptors (Lipinski definition) is 3. The molecule has 1 N–H and O–H groups in total. The van der Waals surface area contributed by atoms with Gasteiger partial charge >= 0.3 is 0 Å². The summed E-state index contributed by atoms with van der Waals surface area (Å²) in [5, 5.41) is 2.71. The molecule has 2 rings (SSSR count). The first-order chi connectivity index (χ1) is 6.75. The fourth-order valence-corrected chi connectivity index (χ4v) is 2.89. The molecule has 1 aliphatic heterocycles. The lowest BCUT2D eigenvalue weighted by Crippen LogP contribution is -2.35. The van der Waals surface area contributed by atoms with Crippen LogP contribution in [0.1, 0.15) is 5.56 Å². The van der Waals surface area contributed by atoms with E-state index in [1.165, 1.54) is 16.9 Å². The molecule has 0 spiro atoms. The Morgan fingerprint density at radius 3 is 2.93 bits per heavy atom. The van der Waals surface area contributed by atoms with Gasteiger partial charge < -0.3 is 0 Å². The minimum Gasteiger partial charge on any atom is -0.255 e. The molecule has 3 heteroatoms. The summed E-state index contributed by atoms with van der Waals surface area (Å²) < 4.78 is 0. The molecule has 0 amide bonds. The summed E-state index contributed by atoms with van der Waals surface area (Å²) in [7, 11) is 4.07. The molecular formula is C11H16N2S. The van der Waals surface area contributed by atoms with Crippen LogP contribution in [0, 0.1) is 0 Å². The third-order valence-corrected chi connectivity index (χ3v) is 3.67. The first-order valence-electron chi connectivity index (χ1n) is 4.91. The van der Waals surface area contributed by atoms with E-state index in [1.54, 1.807) is 0 Å². The van der Waals surface area contributed by atoms with E-state index in [-0.39, 0.29) is 0 Å². The predicted octanol–water partition coefficient (Wildman–Crippen LogP) is 1.77. The van der Waals surface area contributed by atoms with Crippen LogP contribution in [0.15, 0.2) is 29.2 Å². The van der Waals surface area contributed by atoms with Crippen molar-refractivity contribution < 1.29 is 0 Å². The molecule has 2 nitrogen and oxygen atoms in total. The van der Waals surface area contributed by atoms with E-state index in [4.69, 9.17) is 0 Å². The van der Waals surface area contributed by atoms with Gasteiger partial charge in [-0.15, -0.1) is 11.8 Å². The fourth-order valence-electron chi connectivity index (χ4n) is 1.65. The molecule has 0 radical (unpaired) electrons. The van der Waals surface area contributed by atoms with Gasteiger partial charge in [-0.25, -0.2) is 0 Å². The summed E-state index contributed by atoms with van der Waals surface area (Å²) >= 11 is 1.99. The summed E-state index contributed by atoms with van der Waals surface area (Å²) in [6.45, 7) is 1.05. The molecule has 1 unspecified atom stereocenters. The molecule has 0 saturated carbocycles. The Labute approximate surface area is 89.7 Å². The van der Waals surface area contributed by atoms with Gasteiger partial charge in [0.2, 0.25) is 0 Å². The van der Waals surface area contributed by atoms with Gasteiger partial charge in [0.25, 0.3) is 0 Å². The SMILES string of the molecule is CN(C)NCC1Cc2ccccc2S1. The number of hydrazine groups is 1. The molecule has 0 aromatic heterocycles. The van der Waals surface area contributed by atoms with Crippen molar-refractivity contribution in [2.24, 2.45) is 0 Å². The highest BCUT2D eigenvalue weighted by atomic mass is 32.2. The molecule has 76 valence electrons. The number of nitrogens with one attached hydrogen (secondary N) is 1. The van der Waals surface area contributed by atoms with Crippen molar-refractivity contribution >= 4 is 11.8 Å². The number of rotatable bonds is 3. The standard InChI is InChI=1S/C11H16N2S/c1-13(2)12-8-10-7-9-5-3-4-6-11(9)14-10/h3-6,10,12H,7-8H2,1-2H3. The van der Waals surface area contributed by atoms with Crippen LogP contribution in [0.25, 0.3) is 0 Å². The zero-order chi connectivity index (χ0) is 9.97. The molecular weight excluding hydrogens is 192 g/mol. The second kappa shape index (κ2) is 4.34. The predicted molar refractivity (Wildman–Crippen MR) is 61.5 cm³/mol. The number of benzene rings is 1. The maximum atomic E-state index is 3.33. The first kappa shape index (κ1) is 10.0. The number of hydrogen-bond donors (Lipinski definition) is 1. The van der Waals surface area contributed by atoms with E-state index in [1.807, 2.05) is 30.9 Å². The summed E-state index contributed by atoms with van der Waals surface area (Å²) in [5.74, 6) is 0. The van der Waals surface area contributed by atoms with Gasteiger partial charge in [-0.2, -0.15) is 0 Å². The van der Waals surface area contributed by atoms with Crippen LogP contribution < -0.4 is 5.43 Å². The summed E-state index contributed by atoms with van der Waals surface area (Å²) in [6.07, 6.45) is 1.20. The molecule has 1 aromatic rings. The molecule has 1 heterocycles. The topological polar surface area (TPSA) is 15.3 Å². The van der Waals surface area contributed by atoms with Crippen molar-refractivity contribution in [3.05, 3.63) is 29.8 Å². The Morgan fingerprint density at radius 1 is 1.43 bits per heavy atom. The Morgan fingerprint density at radius 2 is 2.21 bits per heavy atom. The van der Waals surface area contributed by atoms with Crippen molar-refractivity contribution in [3.8, 4) is 0 Å². The number of nitrogens with zero attached hydrogens (tertiary/aromatic N) is 1. The van der Waals surface area contributed by atoms with Gasteiger partial charge in [-0.1, -0.05) is 18.2 Å². The maximum Gasteiger partial charge on any atom is 0.0274 e. The van der Waals surface area contributed by atoms with Gasteiger partial charge in [0.05, 0.1) is 0 Å². The third-order valence-electron chi connectivity index (χ3n) is 2.35. The number of thioether (sulfide) groups is 1. The van der Waals surface area contributed by atoms with Crippen LogP contribution in [0.2, 0.25) is 0 Å². The second-order valence-electron chi connectivity index (χ2n) is 3.81. The van der Waals surface area contributed by atoms with Crippen LogP contribution in [0.5, 0.6) is 0 Å². The molecule has 0 aliphatic carbocycles. The van der Waals surface area contributed by atoms with Crippen molar-refractivity contribution in [1.29, 1.82) is 0 Å². The number of fused-ring (bicyclic) bond motifs is 1. The van der Waals surface area contributed by atoms with E-state index in [9.17, 15) is 0 Å². The zero-order valence-corrected chi connectivity index (χ0v) is 9.47. The largest absolute Gasteiger partial charge is 0.255 e. The van der Waals surface area contributed by atoms with E-state index in [2.05, 4.69) is 29.7 Å². The minimum absolute atomic E-state index is 0.690. The Hall–Kier alpha value is -0.510. The Balaban J connectivity index is 1.92. The van der Waals surface area contributed by atoms with Gasteiger partial charge in [-0.05, 0) is 18.1 Å². The summed E-state index contributed by atoms with van der Waals surface area (Å²) in [6, 6.07) is 8.70. The lowest BCUT2D eigenvalue weighted by atomic mass is 10.1. The minimum atomic E-state index is 0.690. The summed E-state index contributed by atoms with van der Waals surface area (Å²) in [5.41, 5.74) is 4.84. The van der Waals surface area contributed by atoms with Gasteiger partial charge in [0, 0.05) is 30.8 Å². The second-order valence-corrected chi connectivity index (χ2v) is 5.15. The molecule has 0 saturated heterocycles. The van der Waals surface area contributed by atoms with E-state index in [0.29, 0.717) is 5.25 Å². The van der Waals surface area contributed by atoms with Gasteiger partial charge in [0.1, 0.15) is 0 Å². The highest BCUT2D eigenvalue weighted by Crippen LogP contribution is 2.36. The van der Waals surface area contributed by atoms with Crippen molar-refractivity contribution in [2.75, 3.05) is 20.6 Å². The summed E-state index contributed by atoms with van der Waals surface area (Å²) in [4.78, 5) is 1.46. The smallest absolute Gasteiger partial charge is 0.0274 e. The van der Waals surface area contributed by atoms with Crippen molar-refractivity contribution in [1.82, 2.24) is 10.4 Å². The third kappa shape index (κ3) is 2.29. The molecule has 1 aliphatic rings. The quantitative estimate of drug-likeness (QED) is 0.762. The highest BCUT2D eigenvalue weighted by Gasteiger charge is 2.21. The van der Waals surface area contributed by atoms with E-state index < -0.39 is 0 Å². The Kier molecular flexibility index (Phi) is 3.11. The van der Waals surface area contributed by atoms with Crippen molar-refractivity contribution in [2.45, 2.75) is 16.6 Å². The monoisotopic (exact) mass is 208 g/mol. The molecule has 0 bridgehead atoms. The molecule has 1 aromatic carbocycles. The lowest BCUT2D eigenvalue weighted by Gasteiger charge is -2.15. The average Bonchev–Trinajstić information content (AvgIpc) is 2.57. The Bertz CT molecular complexity index is 287. The molecule has 14 heavy (non-hydrogen) atoms. The lowest BCUT2D eigenvalue weighted by molar-refractivity contribution is 0.291. The van der Waals surface area contributed by atoms with Crippen LogP contribution in [-0.4, -0.2) is 30.9 Å². The molecule has 1 atom stereocenters.